The summed E-state index contributed by atoms with van der Waals surface area (Å²) in [6.07, 6.45) is 0.607. The third-order valence-electron chi connectivity index (χ3n) is 2.58. The lowest BCUT2D eigenvalue weighted by atomic mass is 10.3. The summed E-state index contributed by atoms with van der Waals surface area (Å²) in [5.74, 6) is -1.10. The van der Waals surface area contributed by atoms with Gasteiger partial charge in [0.25, 0.3) is 10.0 Å². The molecule has 21 heavy (non-hydrogen) atoms. The van der Waals surface area contributed by atoms with E-state index in [1.165, 1.54) is 0 Å². The van der Waals surface area contributed by atoms with Crippen molar-refractivity contribution in [3.63, 3.8) is 0 Å². The van der Waals surface area contributed by atoms with Gasteiger partial charge in [-0.2, -0.15) is 0 Å². The first-order valence-electron chi connectivity index (χ1n) is 5.52. The van der Waals surface area contributed by atoms with E-state index in [9.17, 15) is 23.6 Å². The van der Waals surface area contributed by atoms with Crippen LogP contribution in [0.4, 0.5) is 5.69 Å². The minimum absolute atomic E-state index is 0.295. The van der Waals surface area contributed by atoms with Gasteiger partial charge in [-0.25, -0.2) is 8.42 Å². The molecule has 1 aromatic rings. The Kier molecular flexibility index (Phi) is 4.56. The van der Waals surface area contributed by atoms with Crippen molar-refractivity contribution >= 4 is 38.9 Å². The molecule has 0 aromatic heterocycles. The summed E-state index contributed by atoms with van der Waals surface area (Å²) in [5, 5.41) is 20.7. The number of aromatic hydroxyl groups is 1. The Morgan fingerprint density at radius 2 is 2.14 bits per heavy atom. The number of nitrogens with zero attached hydrogens (tertiary/aromatic N) is 2. The van der Waals surface area contributed by atoms with Gasteiger partial charge in [-0.3, -0.25) is 15.0 Å². The number of nitro benzene ring substituents is 1. The molecule has 116 valence electrons. The number of nitrogens with one attached hydrogen (secondary N) is 1. The lowest BCUT2D eigenvalue weighted by molar-refractivity contribution is -0.386. The van der Waals surface area contributed by atoms with Crippen molar-refractivity contribution < 1.29 is 23.3 Å². The molecule has 1 saturated heterocycles. The number of phenolic OH excluding ortho intramolecular Hbond substituents is 1. The van der Waals surface area contributed by atoms with Crippen LogP contribution >= 0.6 is 23.2 Å². The van der Waals surface area contributed by atoms with Crippen molar-refractivity contribution in [1.82, 2.24) is 10.0 Å². The number of hydrazine groups is 1. The zero-order valence-electron chi connectivity index (χ0n) is 10.2. The number of nitro groups is 1. The molecule has 0 amide bonds. The molecule has 0 spiro atoms. The molecule has 0 aliphatic carbocycles. The van der Waals surface area contributed by atoms with E-state index >= 15 is 0 Å². The number of phenols is 1. The van der Waals surface area contributed by atoms with Crippen LogP contribution in [-0.4, -0.2) is 36.8 Å². The first-order chi connectivity index (χ1) is 9.74. The van der Waals surface area contributed by atoms with Crippen LogP contribution in [0.3, 0.4) is 0 Å². The molecule has 0 atom stereocenters. The second kappa shape index (κ2) is 5.91. The lowest BCUT2D eigenvalue weighted by Crippen LogP contribution is -2.39. The van der Waals surface area contributed by atoms with Crippen molar-refractivity contribution in [2.45, 2.75) is 11.3 Å². The van der Waals surface area contributed by atoms with Crippen molar-refractivity contribution in [3.05, 3.63) is 26.2 Å². The number of benzene rings is 1. The van der Waals surface area contributed by atoms with Crippen LogP contribution in [0.25, 0.3) is 0 Å². The first kappa shape index (κ1) is 16.2. The van der Waals surface area contributed by atoms with E-state index in [-0.39, 0.29) is 5.02 Å². The maximum Gasteiger partial charge on any atom is 0.332 e. The fraction of sp³-hybridized carbons (Fsp3) is 0.333. The van der Waals surface area contributed by atoms with Crippen LogP contribution in [0, 0.1) is 10.1 Å². The normalized spacial score (nSPS) is 16.3. The van der Waals surface area contributed by atoms with Crippen LogP contribution in [0.1, 0.15) is 6.42 Å². The summed E-state index contributed by atoms with van der Waals surface area (Å²) in [6.45, 7) is 0.624. The predicted molar refractivity (Wildman–Crippen MR) is 72.4 cm³/mol. The molecule has 1 aliphatic heterocycles. The van der Waals surface area contributed by atoms with Gasteiger partial charge in [-0.05, 0) is 12.5 Å². The molecule has 2 rings (SSSR count). The van der Waals surface area contributed by atoms with Gasteiger partial charge in [-0.15, -0.1) is 10.0 Å². The predicted octanol–water partition coefficient (Wildman–Crippen LogP) is 1.44. The molecule has 9 nitrogen and oxygen atoms in total. The average Bonchev–Trinajstić information content (AvgIpc) is 2.85. The smallest absolute Gasteiger partial charge is 0.332 e. The van der Waals surface area contributed by atoms with Crippen molar-refractivity contribution in [2.24, 2.45) is 0 Å². The van der Waals surface area contributed by atoms with Gasteiger partial charge >= 0.3 is 5.69 Å². The van der Waals surface area contributed by atoms with Gasteiger partial charge < -0.3 is 5.11 Å². The van der Waals surface area contributed by atoms with Crippen LogP contribution in [0.2, 0.25) is 10.0 Å². The standard InChI is InChI=1S/C9H9Cl2N3O6S/c10-5-4-6(9(15)8(7(5)11)14(16)17)21(18,19)12-13-2-1-3-20-13/h4,12,15H,1-3H2. The molecule has 1 aliphatic rings. The van der Waals surface area contributed by atoms with Gasteiger partial charge in [0.05, 0.1) is 16.6 Å². The number of hydrogen-bond acceptors (Lipinski definition) is 7. The van der Waals surface area contributed by atoms with Crippen LogP contribution in [-0.2, 0) is 14.9 Å². The Labute approximate surface area is 129 Å². The molecule has 0 radical (unpaired) electrons. The van der Waals surface area contributed by atoms with E-state index in [1.54, 1.807) is 0 Å². The topological polar surface area (TPSA) is 122 Å². The average molecular weight is 358 g/mol. The summed E-state index contributed by atoms with van der Waals surface area (Å²) in [4.78, 5) is 16.1. The molecule has 0 saturated carbocycles. The van der Waals surface area contributed by atoms with Gasteiger partial charge in [0.15, 0.2) is 0 Å². The second-order valence-corrected chi connectivity index (χ2v) is 6.42. The van der Waals surface area contributed by atoms with E-state index in [2.05, 4.69) is 0 Å². The summed E-state index contributed by atoms with van der Waals surface area (Å²) in [5.41, 5.74) is -0.980. The van der Waals surface area contributed by atoms with E-state index in [0.29, 0.717) is 19.6 Å². The highest BCUT2D eigenvalue weighted by Gasteiger charge is 2.32. The van der Waals surface area contributed by atoms with Gasteiger partial charge in [0, 0.05) is 6.54 Å². The Morgan fingerprint density at radius 3 is 2.67 bits per heavy atom. The fourth-order valence-electron chi connectivity index (χ4n) is 1.65. The van der Waals surface area contributed by atoms with E-state index in [4.69, 9.17) is 28.0 Å². The molecular formula is C9H9Cl2N3O6S. The highest BCUT2D eigenvalue weighted by Crippen LogP contribution is 2.43. The van der Waals surface area contributed by atoms with E-state index < -0.39 is 36.3 Å². The van der Waals surface area contributed by atoms with Crippen molar-refractivity contribution in [1.29, 1.82) is 0 Å². The number of rotatable bonds is 4. The molecule has 1 heterocycles. The number of sulfonamides is 1. The highest BCUT2D eigenvalue weighted by atomic mass is 35.5. The molecule has 0 unspecified atom stereocenters. The highest BCUT2D eigenvalue weighted by molar-refractivity contribution is 7.89. The third-order valence-corrected chi connectivity index (χ3v) is 4.69. The fourth-order valence-corrected chi connectivity index (χ4v) is 3.27. The van der Waals surface area contributed by atoms with E-state index in [0.717, 1.165) is 11.2 Å². The third kappa shape index (κ3) is 3.20. The molecule has 1 fully saturated rings. The summed E-state index contributed by atoms with van der Waals surface area (Å²) in [7, 11) is -4.32. The van der Waals surface area contributed by atoms with Gasteiger partial charge in [0.1, 0.15) is 9.92 Å². The number of halogens is 2. The number of hydrogen-bond donors (Lipinski definition) is 2. The molecule has 1 aromatic carbocycles. The molecule has 2 N–H and O–H groups in total. The zero-order chi connectivity index (χ0) is 15.8. The zero-order valence-corrected chi connectivity index (χ0v) is 12.6. The van der Waals surface area contributed by atoms with Gasteiger partial charge in [0.2, 0.25) is 5.75 Å². The van der Waals surface area contributed by atoms with Crippen LogP contribution in [0.15, 0.2) is 11.0 Å². The molecular weight excluding hydrogens is 349 g/mol. The summed E-state index contributed by atoms with van der Waals surface area (Å²) >= 11 is 11.3. The van der Waals surface area contributed by atoms with Crippen molar-refractivity contribution in [2.75, 3.05) is 13.2 Å². The first-order valence-corrected chi connectivity index (χ1v) is 7.76. The largest absolute Gasteiger partial charge is 0.501 e. The number of hydroxylamine groups is 1. The van der Waals surface area contributed by atoms with Crippen LogP contribution < -0.4 is 4.83 Å². The minimum atomic E-state index is -4.32. The van der Waals surface area contributed by atoms with Gasteiger partial charge in [-0.1, -0.05) is 23.2 Å². The van der Waals surface area contributed by atoms with Crippen molar-refractivity contribution in [3.8, 4) is 5.75 Å². The minimum Gasteiger partial charge on any atom is -0.501 e. The Hall–Kier alpha value is -1.17. The summed E-state index contributed by atoms with van der Waals surface area (Å²) < 4.78 is 24.3. The second-order valence-electron chi connectivity index (χ2n) is 4.01. The molecule has 0 bridgehead atoms. The SMILES string of the molecule is O=[N+]([O-])c1c(O)c(S(=O)(=O)NN2CCCO2)cc(Cl)c1Cl. The maximum absolute atomic E-state index is 12.1. The Morgan fingerprint density at radius 1 is 1.48 bits per heavy atom. The Bertz CT molecular complexity index is 689. The maximum atomic E-state index is 12.1. The van der Waals surface area contributed by atoms with Crippen LogP contribution in [0.5, 0.6) is 5.75 Å². The summed E-state index contributed by atoms with van der Waals surface area (Å²) in [6, 6.07) is 0.824. The monoisotopic (exact) mass is 357 g/mol. The quantitative estimate of drug-likeness (QED) is 0.617. The van der Waals surface area contributed by atoms with E-state index in [1.807, 2.05) is 4.83 Å². The molecule has 12 heteroatoms. The Balaban J connectivity index is 2.50. The lowest BCUT2D eigenvalue weighted by Gasteiger charge is -2.16.